The first kappa shape index (κ1) is 32.1. The second kappa shape index (κ2) is 13.8. The molecule has 2 aromatic rings. The van der Waals surface area contributed by atoms with Crippen molar-refractivity contribution in [2.24, 2.45) is 5.73 Å². The summed E-state index contributed by atoms with van der Waals surface area (Å²) < 4.78 is 5.36. The molecule has 0 saturated heterocycles. The Bertz CT molecular complexity index is 1220. The number of alkyl carbamates (subject to hydrolysis) is 1. The van der Waals surface area contributed by atoms with Gasteiger partial charge in [0.2, 0.25) is 11.8 Å². The maximum atomic E-state index is 14.2. The van der Waals surface area contributed by atoms with Crippen molar-refractivity contribution in [1.29, 1.82) is 0 Å². The highest BCUT2D eigenvalue weighted by atomic mass is 16.6. The molecule has 4 N–H and O–H groups in total. The van der Waals surface area contributed by atoms with Gasteiger partial charge in [-0.15, -0.1) is 6.58 Å². The number of nitrogens with zero attached hydrogens (tertiary/aromatic N) is 1. The zero-order valence-electron chi connectivity index (χ0n) is 24.6. The Morgan fingerprint density at radius 3 is 1.98 bits per heavy atom. The zero-order valence-corrected chi connectivity index (χ0v) is 24.6. The number of primary amides is 1. The fourth-order valence-electron chi connectivity index (χ4n) is 4.55. The number of para-hydroxylation sites is 1. The van der Waals surface area contributed by atoms with Gasteiger partial charge >= 0.3 is 6.09 Å². The summed E-state index contributed by atoms with van der Waals surface area (Å²) in [4.78, 5) is 53.9. The number of nitrogens with two attached hydrogens (primary N) is 1. The maximum absolute atomic E-state index is 14.2. The molecule has 0 aliphatic carbocycles. The molecule has 2 rings (SSSR count). The second-order valence-electron chi connectivity index (χ2n) is 10.9. The number of anilines is 1. The minimum atomic E-state index is -1.18. The summed E-state index contributed by atoms with van der Waals surface area (Å²) in [6.07, 6.45) is 0.469. The van der Waals surface area contributed by atoms with E-state index < -0.39 is 41.5 Å². The van der Waals surface area contributed by atoms with Gasteiger partial charge in [0.05, 0.1) is 0 Å². The van der Waals surface area contributed by atoms with Crippen LogP contribution < -0.4 is 16.4 Å². The van der Waals surface area contributed by atoms with E-state index in [1.165, 1.54) is 11.0 Å². The van der Waals surface area contributed by atoms with E-state index in [2.05, 4.69) is 17.2 Å². The molecule has 0 radical (unpaired) electrons. The number of aryl methyl sites for hydroxylation is 4. The van der Waals surface area contributed by atoms with Gasteiger partial charge in [-0.3, -0.25) is 14.4 Å². The average Bonchev–Trinajstić information content (AvgIpc) is 2.83. The minimum Gasteiger partial charge on any atom is -0.444 e. The molecule has 2 aromatic carbocycles. The Morgan fingerprint density at radius 1 is 0.975 bits per heavy atom. The molecule has 9 nitrogen and oxygen atoms in total. The van der Waals surface area contributed by atoms with Crippen LogP contribution in [-0.2, 0) is 19.1 Å². The maximum Gasteiger partial charge on any atom is 0.408 e. The first-order valence-electron chi connectivity index (χ1n) is 13.3. The quantitative estimate of drug-likeness (QED) is 0.347. The molecule has 0 aliphatic heterocycles. The van der Waals surface area contributed by atoms with Crippen LogP contribution in [0.25, 0.3) is 0 Å². The smallest absolute Gasteiger partial charge is 0.408 e. The molecule has 0 bridgehead atoms. The van der Waals surface area contributed by atoms with Crippen LogP contribution in [0.4, 0.5) is 10.5 Å². The van der Waals surface area contributed by atoms with E-state index >= 15 is 0 Å². The number of carbonyl (C=O) groups excluding carboxylic acids is 4. The van der Waals surface area contributed by atoms with Gasteiger partial charge < -0.3 is 26.0 Å². The SMILES string of the molecule is C=CCN(C(=O)C(CCC(N)=O)NC(=O)OC(C)(C)C)C(C(=O)Nc1c(C)cccc1C)c1c(C)cccc1C. The van der Waals surface area contributed by atoms with Gasteiger partial charge in [0.25, 0.3) is 5.91 Å². The number of ether oxygens (including phenoxy) is 1. The topological polar surface area (TPSA) is 131 Å². The lowest BCUT2D eigenvalue weighted by atomic mass is 9.93. The van der Waals surface area contributed by atoms with Gasteiger partial charge in [-0.2, -0.15) is 0 Å². The Balaban J connectivity index is 2.63. The lowest BCUT2D eigenvalue weighted by Gasteiger charge is -2.35. The molecule has 216 valence electrons. The molecule has 0 heterocycles. The van der Waals surface area contributed by atoms with Crippen LogP contribution in [0.3, 0.4) is 0 Å². The molecule has 0 aliphatic rings. The summed E-state index contributed by atoms with van der Waals surface area (Å²) >= 11 is 0. The summed E-state index contributed by atoms with van der Waals surface area (Å²) in [7, 11) is 0. The van der Waals surface area contributed by atoms with Crippen LogP contribution in [0.15, 0.2) is 49.1 Å². The van der Waals surface area contributed by atoms with Crippen molar-refractivity contribution in [3.05, 3.63) is 76.9 Å². The Labute approximate surface area is 237 Å². The monoisotopic (exact) mass is 550 g/mol. The number of hydrogen-bond acceptors (Lipinski definition) is 5. The van der Waals surface area contributed by atoms with E-state index in [9.17, 15) is 19.2 Å². The van der Waals surface area contributed by atoms with Crippen LogP contribution in [0, 0.1) is 27.7 Å². The van der Waals surface area contributed by atoms with Gasteiger partial charge in [0.15, 0.2) is 0 Å². The number of rotatable bonds is 11. The third-order valence-electron chi connectivity index (χ3n) is 6.38. The molecular weight excluding hydrogens is 508 g/mol. The summed E-state index contributed by atoms with van der Waals surface area (Å²) in [5.41, 5.74) is 9.27. The summed E-state index contributed by atoms with van der Waals surface area (Å²) in [6.45, 7) is 16.5. The van der Waals surface area contributed by atoms with E-state index in [4.69, 9.17) is 10.5 Å². The van der Waals surface area contributed by atoms with Crippen molar-refractivity contribution in [2.45, 2.75) is 79.0 Å². The lowest BCUT2D eigenvalue weighted by Crippen LogP contribution is -2.52. The third kappa shape index (κ3) is 8.69. The first-order chi connectivity index (χ1) is 18.7. The molecule has 0 saturated carbocycles. The Kier molecular flexibility index (Phi) is 11.0. The van der Waals surface area contributed by atoms with Crippen molar-refractivity contribution >= 4 is 29.5 Å². The normalized spacial score (nSPS) is 12.6. The van der Waals surface area contributed by atoms with Crippen molar-refractivity contribution in [3.63, 3.8) is 0 Å². The Hall–Kier alpha value is -4.14. The van der Waals surface area contributed by atoms with Crippen LogP contribution in [0.1, 0.15) is 67.5 Å². The molecule has 0 spiro atoms. The van der Waals surface area contributed by atoms with Crippen LogP contribution >= 0.6 is 0 Å². The number of carbonyl (C=O) groups is 4. The second-order valence-corrected chi connectivity index (χ2v) is 10.9. The predicted molar refractivity (Wildman–Crippen MR) is 157 cm³/mol. The summed E-state index contributed by atoms with van der Waals surface area (Å²) in [5.74, 6) is -1.62. The van der Waals surface area contributed by atoms with E-state index in [0.29, 0.717) is 11.3 Å². The molecule has 4 amide bonds. The van der Waals surface area contributed by atoms with Gasteiger partial charge in [-0.25, -0.2) is 4.79 Å². The highest BCUT2D eigenvalue weighted by Gasteiger charge is 2.37. The fourth-order valence-corrected chi connectivity index (χ4v) is 4.55. The minimum absolute atomic E-state index is 0.000514. The largest absolute Gasteiger partial charge is 0.444 e. The van der Waals surface area contributed by atoms with Gasteiger partial charge in [0, 0.05) is 18.7 Å². The van der Waals surface area contributed by atoms with E-state index in [-0.39, 0.29) is 19.4 Å². The molecule has 2 unspecified atom stereocenters. The van der Waals surface area contributed by atoms with Gasteiger partial charge in [0.1, 0.15) is 17.7 Å². The number of hydrogen-bond donors (Lipinski definition) is 3. The molecule has 9 heteroatoms. The standard InChI is InChI=1S/C31H42N4O5/c1-9-18-35(29(38)23(16-17-24(32)36)33-30(39)40-31(6,7)8)27(25-19(2)12-10-13-20(25)3)28(37)34-26-21(4)14-11-15-22(26)5/h9-15,23,27H,1,16-18H2,2-8H3,(H2,32,36)(H,33,39)(H,34,37). The molecule has 2 atom stereocenters. The molecule has 40 heavy (non-hydrogen) atoms. The van der Waals surface area contributed by atoms with Gasteiger partial charge in [-0.05, 0) is 82.7 Å². The lowest BCUT2D eigenvalue weighted by molar-refractivity contribution is -0.140. The van der Waals surface area contributed by atoms with Gasteiger partial charge in [-0.1, -0.05) is 42.5 Å². The van der Waals surface area contributed by atoms with Crippen LogP contribution in [0.2, 0.25) is 0 Å². The van der Waals surface area contributed by atoms with Crippen LogP contribution in [-0.4, -0.2) is 46.9 Å². The highest BCUT2D eigenvalue weighted by Crippen LogP contribution is 2.31. The van der Waals surface area contributed by atoms with E-state index in [1.807, 2.05) is 64.1 Å². The fraction of sp³-hybridized carbons (Fsp3) is 0.419. The molecular formula is C31H42N4O5. The Morgan fingerprint density at radius 2 is 1.50 bits per heavy atom. The molecule has 0 aromatic heterocycles. The number of benzene rings is 2. The van der Waals surface area contributed by atoms with Crippen molar-refractivity contribution < 1.29 is 23.9 Å². The summed E-state index contributed by atoms with van der Waals surface area (Å²) in [6, 6.07) is 9.09. The van der Waals surface area contributed by atoms with Crippen molar-refractivity contribution in [3.8, 4) is 0 Å². The third-order valence-corrected chi connectivity index (χ3v) is 6.38. The van der Waals surface area contributed by atoms with E-state index in [0.717, 1.165) is 22.3 Å². The van der Waals surface area contributed by atoms with Crippen molar-refractivity contribution in [1.82, 2.24) is 10.2 Å². The summed E-state index contributed by atoms with van der Waals surface area (Å²) in [5, 5.41) is 5.62. The van der Waals surface area contributed by atoms with Crippen LogP contribution in [0.5, 0.6) is 0 Å². The van der Waals surface area contributed by atoms with E-state index in [1.54, 1.807) is 20.8 Å². The highest BCUT2D eigenvalue weighted by molar-refractivity contribution is 6.00. The average molecular weight is 551 g/mol. The van der Waals surface area contributed by atoms with Crippen molar-refractivity contribution in [2.75, 3.05) is 11.9 Å². The number of amides is 4. The molecule has 0 fully saturated rings. The first-order valence-corrected chi connectivity index (χ1v) is 13.3. The predicted octanol–water partition coefficient (Wildman–Crippen LogP) is 4.77. The zero-order chi connectivity index (χ0) is 30.2. The number of nitrogens with one attached hydrogen (secondary N) is 2.